The number of anilines is 1. The summed E-state index contributed by atoms with van der Waals surface area (Å²) < 4.78 is 24.1. The maximum absolute atomic E-state index is 14.0. The molecule has 1 amide bonds. The first-order valence-corrected chi connectivity index (χ1v) is 8.32. The number of carbonyl (C=O) groups excluding carboxylic acids is 1. The molecule has 0 spiro atoms. The number of hydrogen-bond donors (Lipinski definition) is 1. The van der Waals surface area contributed by atoms with Crippen LogP contribution in [0.5, 0.6) is 5.75 Å². The van der Waals surface area contributed by atoms with E-state index >= 15 is 0 Å². The fourth-order valence-electron chi connectivity index (χ4n) is 1.85. The van der Waals surface area contributed by atoms with Gasteiger partial charge in [0.1, 0.15) is 11.5 Å². The number of halogens is 1. The van der Waals surface area contributed by atoms with Crippen molar-refractivity contribution in [2.24, 2.45) is 0 Å². The highest BCUT2D eigenvalue weighted by atomic mass is 32.1. The maximum Gasteiger partial charge on any atom is 0.267 e. The molecule has 130 valence electrons. The van der Waals surface area contributed by atoms with E-state index in [-0.39, 0.29) is 23.7 Å². The Labute approximate surface area is 144 Å². The van der Waals surface area contributed by atoms with Gasteiger partial charge in [0.05, 0.1) is 17.8 Å². The number of amides is 1. The van der Waals surface area contributed by atoms with Crippen LogP contribution in [0.4, 0.5) is 10.1 Å². The molecule has 0 saturated heterocycles. The molecule has 24 heavy (non-hydrogen) atoms. The van der Waals surface area contributed by atoms with E-state index in [2.05, 4.69) is 10.3 Å². The van der Waals surface area contributed by atoms with Gasteiger partial charge in [0.25, 0.3) is 5.91 Å². The van der Waals surface area contributed by atoms with Crippen molar-refractivity contribution in [3.8, 4) is 5.75 Å². The predicted molar refractivity (Wildman–Crippen MR) is 92.5 cm³/mol. The number of methoxy groups -OCH3 is 1. The Kier molecular flexibility index (Phi) is 5.90. The van der Waals surface area contributed by atoms with Crippen LogP contribution in [0.15, 0.2) is 24.4 Å². The van der Waals surface area contributed by atoms with E-state index < -0.39 is 5.82 Å². The second-order valence-corrected chi connectivity index (χ2v) is 7.25. The number of thiazole rings is 1. The topological polar surface area (TPSA) is 60.5 Å². The smallest absolute Gasteiger partial charge is 0.267 e. The van der Waals surface area contributed by atoms with Crippen LogP contribution in [0.1, 0.15) is 35.5 Å². The van der Waals surface area contributed by atoms with Crippen molar-refractivity contribution < 1.29 is 18.7 Å². The minimum absolute atomic E-state index is 0.115. The van der Waals surface area contributed by atoms with Gasteiger partial charge in [-0.25, -0.2) is 9.37 Å². The van der Waals surface area contributed by atoms with Crippen LogP contribution in [-0.2, 0) is 10.2 Å². The van der Waals surface area contributed by atoms with Crippen molar-refractivity contribution in [3.63, 3.8) is 0 Å². The van der Waals surface area contributed by atoms with Crippen molar-refractivity contribution in [1.82, 2.24) is 4.98 Å². The summed E-state index contributed by atoms with van der Waals surface area (Å²) >= 11 is 1.33. The molecule has 0 atom stereocenters. The summed E-state index contributed by atoms with van der Waals surface area (Å²) in [6, 6.07) is 4.30. The normalized spacial score (nSPS) is 11.4. The van der Waals surface area contributed by atoms with Crippen molar-refractivity contribution in [2.45, 2.75) is 26.2 Å². The molecule has 0 aliphatic carbocycles. The van der Waals surface area contributed by atoms with Gasteiger partial charge >= 0.3 is 0 Å². The molecule has 1 aromatic carbocycles. The van der Waals surface area contributed by atoms with Gasteiger partial charge in [-0.3, -0.25) is 4.79 Å². The molecule has 0 unspecified atom stereocenters. The first-order valence-electron chi connectivity index (χ1n) is 7.50. The number of hydrogen-bond acceptors (Lipinski definition) is 5. The minimum atomic E-state index is -0.538. The third-order valence-electron chi connectivity index (χ3n) is 3.11. The molecule has 7 heteroatoms. The average Bonchev–Trinajstić information content (AvgIpc) is 3.00. The molecule has 5 nitrogen and oxygen atoms in total. The molecular formula is C17H21FN2O3S. The van der Waals surface area contributed by atoms with Gasteiger partial charge in [0.2, 0.25) is 0 Å². The lowest BCUT2D eigenvalue weighted by molar-refractivity contribution is 0.103. The second-order valence-electron chi connectivity index (χ2n) is 6.22. The number of benzene rings is 1. The third-order valence-corrected chi connectivity index (χ3v) is 4.53. The van der Waals surface area contributed by atoms with E-state index in [1.807, 2.05) is 20.8 Å². The molecule has 0 radical (unpaired) electrons. The van der Waals surface area contributed by atoms with Crippen molar-refractivity contribution in [3.05, 3.63) is 40.1 Å². The minimum Gasteiger partial charge on any atom is -0.488 e. The van der Waals surface area contributed by atoms with Crippen molar-refractivity contribution in [2.75, 3.05) is 25.6 Å². The van der Waals surface area contributed by atoms with Gasteiger partial charge in [-0.1, -0.05) is 20.8 Å². The highest BCUT2D eigenvalue weighted by molar-refractivity contribution is 7.13. The quantitative estimate of drug-likeness (QED) is 0.802. The Morgan fingerprint density at radius 2 is 2.08 bits per heavy atom. The lowest BCUT2D eigenvalue weighted by Crippen LogP contribution is -2.11. The average molecular weight is 352 g/mol. The standard InChI is InChI=1S/C17H21FN2O3S/c1-17(2,3)16-19-10-14(24-16)15(21)20-11-5-6-13(12(18)9-11)23-8-7-22-4/h5-6,9-10H,7-8H2,1-4H3,(H,20,21). The van der Waals surface area contributed by atoms with E-state index in [9.17, 15) is 9.18 Å². The van der Waals surface area contributed by atoms with E-state index in [0.717, 1.165) is 5.01 Å². The Bertz CT molecular complexity index is 710. The molecule has 0 aliphatic heterocycles. The number of nitrogens with one attached hydrogen (secondary N) is 1. The number of carbonyl (C=O) groups is 1. The number of aromatic nitrogens is 1. The van der Waals surface area contributed by atoms with Gasteiger partial charge in [-0.2, -0.15) is 0 Å². The molecule has 0 bridgehead atoms. The molecule has 2 aromatic rings. The van der Waals surface area contributed by atoms with Crippen LogP contribution in [-0.4, -0.2) is 31.2 Å². The summed E-state index contributed by atoms with van der Waals surface area (Å²) in [6.07, 6.45) is 1.54. The summed E-state index contributed by atoms with van der Waals surface area (Å²) in [5.41, 5.74) is 0.249. The molecule has 1 heterocycles. The Balaban J connectivity index is 2.04. The van der Waals surface area contributed by atoms with Crippen LogP contribution >= 0.6 is 11.3 Å². The summed E-state index contributed by atoms with van der Waals surface area (Å²) in [5.74, 6) is -0.725. The molecule has 0 fully saturated rings. The summed E-state index contributed by atoms with van der Waals surface area (Å²) in [7, 11) is 1.54. The number of rotatable bonds is 6. The monoisotopic (exact) mass is 352 g/mol. The van der Waals surface area contributed by atoms with Gasteiger partial charge in [0.15, 0.2) is 11.6 Å². The predicted octanol–water partition coefficient (Wildman–Crippen LogP) is 3.86. The lowest BCUT2D eigenvalue weighted by Gasteiger charge is -2.13. The van der Waals surface area contributed by atoms with E-state index in [4.69, 9.17) is 9.47 Å². The lowest BCUT2D eigenvalue weighted by atomic mass is 9.98. The second kappa shape index (κ2) is 7.72. The van der Waals surface area contributed by atoms with Crippen LogP contribution < -0.4 is 10.1 Å². The highest BCUT2D eigenvalue weighted by Gasteiger charge is 2.20. The first-order chi connectivity index (χ1) is 11.3. The third kappa shape index (κ3) is 4.75. The fourth-order valence-corrected chi connectivity index (χ4v) is 2.72. The van der Waals surface area contributed by atoms with Crippen molar-refractivity contribution >= 4 is 22.9 Å². The largest absolute Gasteiger partial charge is 0.488 e. The van der Waals surface area contributed by atoms with Crippen LogP contribution in [0.2, 0.25) is 0 Å². The Hall–Kier alpha value is -1.99. The molecule has 0 aliphatic rings. The number of ether oxygens (including phenoxy) is 2. The molecule has 0 saturated carbocycles. The van der Waals surface area contributed by atoms with Crippen LogP contribution in [0, 0.1) is 5.82 Å². The zero-order valence-electron chi connectivity index (χ0n) is 14.2. The zero-order chi connectivity index (χ0) is 17.7. The van der Waals surface area contributed by atoms with E-state index in [1.54, 1.807) is 19.4 Å². The van der Waals surface area contributed by atoms with E-state index in [0.29, 0.717) is 17.2 Å². The summed E-state index contributed by atoms with van der Waals surface area (Å²) in [6.45, 7) is 6.73. The molecular weight excluding hydrogens is 331 g/mol. The summed E-state index contributed by atoms with van der Waals surface area (Å²) in [4.78, 5) is 17.0. The Morgan fingerprint density at radius 1 is 1.33 bits per heavy atom. The molecule has 2 rings (SSSR count). The SMILES string of the molecule is COCCOc1ccc(NC(=O)c2cnc(C(C)(C)C)s2)cc1F. The first kappa shape index (κ1) is 18.4. The maximum atomic E-state index is 14.0. The Morgan fingerprint density at radius 3 is 2.67 bits per heavy atom. The van der Waals surface area contributed by atoms with Gasteiger partial charge in [-0.05, 0) is 12.1 Å². The van der Waals surface area contributed by atoms with Crippen molar-refractivity contribution in [1.29, 1.82) is 0 Å². The van der Waals surface area contributed by atoms with E-state index in [1.165, 1.54) is 23.5 Å². The van der Waals surface area contributed by atoms with Crippen LogP contribution in [0.3, 0.4) is 0 Å². The number of nitrogens with zero attached hydrogens (tertiary/aromatic N) is 1. The molecule has 1 aromatic heterocycles. The van der Waals surface area contributed by atoms with Crippen LogP contribution in [0.25, 0.3) is 0 Å². The zero-order valence-corrected chi connectivity index (χ0v) is 15.0. The van der Waals surface area contributed by atoms with Gasteiger partial charge < -0.3 is 14.8 Å². The van der Waals surface area contributed by atoms with Gasteiger partial charge in [0, 0.05) is 24.3 Å². The van der Waals surface area contributed by atoms with Gasteiger partial charge in [-0.15, -0.1) is 11.3 Å². The highest BCUT2D eigenvalue weighted by Crippen LogP contribution is 2.27. The molecule has 1 N–H and O–H groups in total. The summed E-state index contributed by atoms with van der Waals surface area (Å²) in [5, 5.41) is 3.55. The fraction of sp³-hybridized carbons (Fsp3) is 0.412.